The minimum Gasteiger partial charge on any atom is -0.391 e. The van der Waals surface area contributed by atoms with E-state index in [0.29, 0.717) is 22.0 Å². The lowest BCUT2D eigenvalue weighted by molar-refractivity contribution is 0.183. The minimum absolute atomic E-state index is 0.189. The Bertz CT molecular complexity index is 273. The van der Waals surface area contributed by atoms with E-state index in [4.69, 9.17) is 28.9 Å². The van der Waals surface area contributed by atoms with Crippen molar-refractivity contribution in [3.8, 4) is 0 Å². The quantitative estimate of drug-likeness (QED) is 0.807. The van der Waals surface area contributed by atoms with E-state index < -0.39 is 6.10 Å². The van der Waals surface area contributed by atoms with Gasteiger partial charge in [0.1, 0.15) is 0 Å². The average molecular weight is 221 g/mol. The van der Waals surface area contributed by atoms with Crippen LogP contribution in [0.5, 0.6) is 0 Å². The summed E-state index contributed by atoms with van der Waals surface area (Å²) < 4.78 is 0. The lowest BCUT2D eigenvalue weighted by atomic mass is 10.1. The van der Waals surface area contributed by atoms with Gasteiger partial charge < -0.3 is 10.8 Å². The molecule has 1 unspecified atom stereocenters. The van der Waals surface area contributed by atoms with Gasteiger partial charge in [-0.15, -0.1) is 0 Å². The Labute approximate surface area is 86.5 Å². The molecule has 0 saturated carbocycles. The predicted octanol–water partition coefficient (Wildman–Crippen LogP) is 1.25. The molecule has 1 heterocycles. The predicted molar refractivity (Wildman–Crippen MR) is 53.0 cm³/mol. The average Bonchev–Trinajstić information content (AvgIpc) is 2.11. The number of nitrogens with two attached hydrogens (primary N) is 1. The van der Waals surface area contributed by atoms with Gasteiger partial charge in [-0.3, -0.25) is 4.98 Å². The maximum absolute atomic E-state index is 9.30. The molecule has 0 aromatic carbocycles. The zero-order valence-electron chi connectivity index (χ0n) is 6.87. The maximum atomic E-state index is 9.30. The molecular weight excluding hydrogens is 211 g/mol. The van der Waals surface area contributed by atoms with Gasteiger partial charge in [-0.1, -0.05) is 23.2 Å². The van der Waals surface area contributed by atoms with Crippen molar-refractivity contribution in [3.63, 3.8) is 0 Å². The van der Waals surface area contributed by atoms with Gasteiger partial charge in [0, 0.05) is 25.4 Å². The van der Waals surface area contributed by atoms with Crippen LogP contribution in [0.2, 0.25) is 10.0 Å². The first-order chi connectivity index (χ1) is 6.15. The third-order valence-corrected chi connectivity index (χ3v) is 2.32. The van der Waals surface area contributed by atoms with Crippen LogP contribution in [0.25, 0.3) is 0 Å². The van der Waals surface area contributed by atoms with Crippen LogP contribution in [0.15, 0.2) is 12.4 Å². The first-order valence-corrected chi connectivity index (χ1v) is 4.56. The molecule has 5 heteroatoms. The summed E-state index contributed by atoms with van der Waals surface area (Å²) in [6.45, 7) is 0.189. The fourth-order valence-corrected chi connectivity index (χ4v) is 1.47. The number of rotatable bonds is 3. The highest BCUT2D eigenvalue weighted by atomic mass is 35.5. The highest BCUT2D eigenvalue weighted by Gasteiger charge is 2.10. The molecule has 0 spiro atoms. The van der Waals surface area contributed by atoms with Crippen molar-refractivity contribution in [2.45, 2.75) is 12.5 Å². The van der Waals surface area contributed by atoms with Crippen molar-refractivity contribution < 1.29 is 5.11 Å². The summed E-state index contributed by atoms with van der Waals surface area (Å²) in [5.74, 6) is 0. The van der Waals surface area contributed by atoms with Crippen LogP contribution in [-0.2, 0) is 6.42 Å². The Morgan fingerprint density at radius 2 is 1.92 bits per heavy atom. The molecular formula is C8H10Cl2N2O. The topological polar surface area (TPSA) is 59.1 Å². The van der Waals surface area contributed by atoms with Crippen LogP contribution in [0.4, 0.5) is 0 Å². The molecule has 0 radical (unpaired) electrons. The molecule has 0 aliphatic heterocycles. The zero-order chi connectivity index (χ0) is 9.84. The molecule has 0 amide bonds. The summed E-state index contributed by atoms with van der Waals surface area (Å²) in [6.07, 6.45) is 2.73. The third-order valence-electron chi connectivity index (χ3n) is 1.66. The second-order valence-corrected chi connectivity index (χ2v) is 3.49. The smallest absolute Gasteiger partial charge is 0.0703 e. The van der Waals surface area contributed by atoms with Gasteiger partial charge in [-0.05, 0) is 5.56 Å². The summed E-state index contributed by atoms with van der Waals surface area (Å²) in [4.78, 5) is 3.80. The lowest BCUT2D eigenvalue weighted by Gasteiger charge is -2.09. The van der Waals surface area contributed by atoms with Crippen molar-refractivity contribution in [2.24, 2.45) is 5.73 Å². The fourth-order valence-electron chi connectivity index (χ4n) is 0.952. The number of aliphatic hydroxyl groups excluding tert-OH is 1. The second kappa shape index (κ2) is 4.77. The van der Waals surface area contributed by atoms with E-state index in [9.17, 15) is 5.11 Å². The second-order valence-electron chi connectivity index (χ2n) is 2.68. The normalized spacial score (nSPS) is 12.9. The Balaban J connectivity index is 2.87. The van der Waals surface area contributed by atoms with E-state index in [2.05, 4.69) is 4.98 Å². The van der Waals surface area contributed by atoms with Crippen LogP contribution in [0.3, 0.4) is 0 Å². The van der Waals surface area contributed by atoms with Crippen LogP contribution in [0, 0.1) is 0 Å². The van der Waals surface area contributed by atoms with Crippen molar-refractivity contribution in [2.75, 3.05) is 6.54 Å². The minimum atomic E-state index is -0.614. The molecule has 13 heavy (non-hydrogen) atoms. The van der Waals surface area contributed by atoms with Gasteiger partial charge in [-0.25, -0.2) is 0 Å². The van der Waals surface area contributed by atoms with E-state index in [0.717, 1.165) is 0 Å². The highest BCUT2D eigenvalue weighted by molar-refractivity contribution is 6.35. The largest absolute Gasteiger partial charge is 0.391 e. The molecule has 1 atom stereocenters. The highest BCUT2D eigenvalue weighted by Crippen LogP contribution is 2.23. The van der Waals surface area contributed by atoms with E-state index in [1.54, 1.807) is 0 Å². The first kappa shape index (κ1) is 10.7. The van der Waals surface area contributed by atoms with E-state index in [1.807, 2.05) is 0 Å². The molecule has 0 bridgehead atoms. The number of hydrogen-bond acceptors (Lipinski definition) is 3. The first-order valence-electron chi connectivity index (χ1n) is 3.81. The monoisotopic (exact) mass is 220 g/mol. The molecule has 72 valence electrons. The van der Waals surface area contributed by atoms with Gasteiger partial charge in [0.2, 0.25) is 0 Å². The van der Waals surface area contributed by atoms with Crippen LogP contribution in [-0.4, -0.2) is 22.7 Å². The maximum Gasteiger partial charge on any atom is 0.0703 e. The zero-order valence-corrected chi connectivity index (χ0v) is 8.39. The van der Waals surface area contributed by atoms with Crippen LogP contribution >= 0.6 is 23.2 Å². The Hall–Kier alpha value is -0.350. The molecule has 3 N–H and O–H groups in total. The number of hydrogen-bond donors (Lipinski definition) is 2. The SMILES string of the molecule is NCC(O)Cc1c(Cl)cncc1Cl. The van der Waals surface area contributed by atoms with E-state index in [-0.39, 0.29) is 6.54 Å². The van der Waals surface area contributed by atoms with Gasteiger partial charge in [0.25, 0.3) is 0 Å². The molecule has 0 aliphatic rings. The summed E-state index contributed by atoms with van der Waals surface area (Å²) in [5.41, 5.74) is 5.96. The lowest BCUT2D eigenvalue weighted by Crippen LogP contribution is -2.22. The van der Waals surface area contributed by atoms with E-state index in [1.165, 1.54) is 12.4 Å². The van der Waals surface area contributed by atoms with Crippen LogP contribution < -0.4 is 5.73 Å². The molecule has 1 aromatic rings. The van der Waals surface area contributed by atoms with Crippen molar-refractivity contribution in [1.29, 1.82) is 0 Å². The molecule has 0 aliphatic carbocycles. The summed E-state index contributed by atoms with van der Waals surface area (Å²) >= 11 is 11.7. The molecule has 0 fully saturated rings. The Kier molecular flexibility index (Phi) is 3.93. The Morgan fingerprint density at radius 3 is 2.38 bits per heavy atom. The van der Waals surface area contributed by atoms with E-state index >= 15 is 0 Å². The summed E-state index contributed by atoms with van der Waals surface area (Å²) in [7, 11) is 0. The fraction of sp³-hybridized carbons (Fsp3) is 0.375. The molecule has 1 rings (SSSR count). The van der Waals surface area contributed by atoms with Gasteiger partial charge in [-0.2, -0.15) is 0 Å². The molecule has 0 saturated heterocycles. The van der Waals surface area contributed by atoms with Gasteiger partial charge >= 0.3 is 0 Å². The van der Waals surface area contributed by atoms with Crippen molar-refractivity contribution >= 4 is 23.2 Å². The molecule has 1 aromatic heterocycles. The van der Waals surface area contributed by atoms with Crippen LogP contribution in [0.1, 0.15) is 5.56 Å². The van der Waals surface area contributed by atoms with Gasteiger partial charge in [0.05, 0.1) is 16.1 Å². The standard InChI is InChI=1S/C8H10Cl2N2O/c9-7-3-12-4-8(10)6(7)1-5(13)2-11/h3-5,13H,1-2,11H2. The van der Waals surface area contributed by atoms with Crippen molar-refractivity contribution in [1.82, 2.24) is 4.98 Å². The number of pyridine rings is 1. The number of halogens is 2. The molecule has 3 nitrogen and oxygen atoms in total. The van der Waals surface area contributed by atoms with Crippen molar-refractivity contribution in [3.05, 3.63) is 28.0 Å². The Morgan fingerprint density at radius 1 is 1.38 bits per heavy atom. The van der Waals surface area contributed by atoms with Gasteiger partial charge in [0.15, 0.2) is 0 Å². The summed E-state index contributed by atoms with van der Waals surface area (Å²) in [5, 5.41) is 10.2. The number of aliphatic hydroxyl groups is 1. The summed E-state index contributed by atoms with van der Waals surface area (Å²) in [6, 6.07) is 0. The number of aromatic nitrogens is 1. The number of nitrogens with zero attached hydrogens (tertiary/aromatic N) is 1. The third kappa shape index (κ3) is 2.81.